The van der Waals surface area contributed by atoms with Gasteiger partial charge in [-0.15, -0.1) is 0 Å². The molecule has 1 saturated heterocycles. The number of nitrogen functional groups attached to an aromatic ring is 1. The molecule has 1 unspecified atom stereocenters. The first-order valence-electron chi connectivity index (χ1n) is 13.4. The molecule has 2 heterocycles. The number of hydrogen-bond donors (Lipinski definition) is 3. The van der Waals surface area contributed by atoms with E-state index in [0.29, 0.717) is 44.6 Å². The van der Waals surface area contributed by atoms with Gasteiger partial charge in [0.15, 0.2) is 0 Å². The van der Waals surface area contributed by atoms with Gasteiger partial charge in [0, 0.05) is 24.7 Å². The summed E-state index contributed by atoms with van der Waals surface area (Å²) in [5, 5.41) is 7.55. The minimum Gasteiger partial charge on any atom is -0.444 e. The van der Waals surface area contributed by atoms with Gasteiger partial charge in [0.05, 0.1) is 0 Å². The minimum atomic E-state index is -0.812. The van der Waals surface area contributed by atoms with E-state index < -0.39 is 23.8 Å². The number of pyridine rings is 1. The number of alkyl carbamates (subject to hydrolysis) is 1. The molecular formula is C30H37N5O4. The third-order valence-electron chi connectivity index (χ3n) is 6.72. The number of likely N-dealkylation sites (tertiary alicyclic amines) is 1. The van der Waals surface area contributed by atoms with Crippen LogP contribution in [0.3, 0.4) is 0 Å². The lowest BCUT2D eigenvalue weighted by Gasteiger charge is -2.29. The number of anilines is 1. The zero-order valence-corrected chi connectivity index (χ0v) is 22.8. The van der Waals surface area contributed by atoms with E-state index in [1.54, 1.807) is 31.9 Å². The van der Waals surface area contributed by atoms with Crippen LogP contribution < -0.4 is 16.4 Å². The topological polar surface area (TPSA) is 127 Å². The standard InChI is InChI=1S/C30H37N5O4/c1-30(2,3)39-29(38)34-24(14-12-20-8-5-4-6-9-20)28(37)35-17-7-10-25(35)27(36)33-19-21-11-13-23-22(18-21)15-16-32-26(23)31/h4-6,8-9,11,13,15-16,18,24-25H,7,10,12,14,17,19H2,1-3H3,(H2,31,32)(H,33,36)(H,34,38)/t24?,25-/m1/s1. The highest BCUT2D eigenvalue weighted by atomic mass is 16.6. The molecule has 4 rings (SSSR count). The molecule has 0 saturated carbocycles. The van der Waals surface area contributed by atoms with Gasteiger partial charge in [-0.05, 0) is 75.1 Å². The smallest absolute Gasteiger partial charge is 0.408 e. The zero-order valence-electron chi connectivity index (χ0n) is 22.8. The average molecular weight is 532 g/mol. The van der Waals surface area contributed by atoms with E-state index in [-0.39, 0.29) is 11.8 Å². The van der Waals surface area contributed by atoms with Crippen molar-refractivity contribution < 1.29 is 19.1 Å². The molecule has 1 aromatic heterocycles. The van der Waals surface area contributed by atoms with Crippen LogP contribution in [0.5, 0.6) is 0 Å². The lowest BCUT2D eigenvalue weighted by atomic mass is 10.0. The molecule has 0 radical (unpaired) electrons. The third kappa shape index (κ3) is 7.46. The van der Waals surface area contributed by atoms with Gasteiger partial charge in [0.2, 0.25) is 11.8 Å². The van der Waals surface area contributed by atoms with Crippen molar-refractivity contribution in [3.05, 3.63) is 71.9 Å². The average Bonchev–Trinajstić information content (AvgIpc) is 3.39. The van der Waals surface area contributed by atoms with E-state index in [2.05, 4.69) is 15.6 Å². The van der Waals surface area contributed by atoms with Crippen LogP contribution in [0, 0.1) is 0 Å². The maximum atomic E-state index is 13.7. The van der Waals surface area contributed by atoms with Gasteiger partial charge in [-0.25, -0.2) is 9.78 Å². The van der Waals surface area contributed by atoms with Gasteiger partial charge >= 0.3 is 6.09 Å². The number of carbonyl (C=O) groups is 3. The first kappa shape index (κ1) is 27.9. The third-order valence-corrected chi connectivity index (χ3v) is 6.72. The van der Waals surface area contributed by atoms with E-state index in [0.717, 1.165) is 21.9 Å². The fraction of sp³-hybridized carbons (Fsp3) is 0.400. The van der Waals surface area contributed by atoms with Crippen LogP contribution in [0.15, 0.2) is 60.8 Å². The summed E-state index contributed by atoms with van der Waals surface area (Å²) in [6.07, 6.45) is 3.27. The van der Waals surface area contributed by atoms with Crippen molar-refractivity contribution in [2.45, 2.75) is 70.7 Å². The molecule has 0 spiro atoms. The lowest BCUT2D eigenvalue weighted by molar-refractivity contribution is -0.140. The molecule has 4 N–H and O–H groups in total. The van der Waals surface area contributed by atoms with Crippen molar-refractivity contribution in [3.8, 4) is 0 Å². The van der Waals surface area contributed by atoms with Crippen LogP contribution in [-0.2, 0) is 27.3 Å². The van der Waals surface area contributed by atoms with Gasteiger partial charge in [0.25, 0.3) is 0 Å². The molecule has 0 bridgehead atoms. The molecule has 2 atom stereocenters. The summed E-state index contributed by atoms with van der Waals surface area (Å²) in [6.45, 7) is 6.10. The lowest BCUT2D eigenvalue weighted by Crippen LogP contribution is -2.54. The number of nitrogens with one attached hydrogen (secondary N) is 2. The Morgan fingerprint density at radius 1 is 1.10 bits per heavy atom. The Kier molecular flexibility index (Phi) is 8.69. The summed E-state index contributed by atoms with van der Waals surface area (Å²) in [5.41, 5.74) is 7.23. The van der Waals surface area contributed by atoms with Gasteiger partial charge < -0.3 is 26.0 Å². The van der Waals surface area contributed by atoms with Crippen LogP contribution in [0.4, 0.5) is 10.6 Å². The number of nitrogens with two attached hydrogens (primary N) is 1. The maximum absolute atomic E-state index is 13.7. The molecule has 0 aliphatic carbocycles. The highest BCUT2D eigenvalue weighted by Crippen LogP contribution is 2.22. The molecule has 2 aromatic carbocycles. The normalized spacial score (nSPS) is 16.1. The second-order valence-corrected chi connectivity index (χ2v) is 10.9. The number of aryl methyl sites for hydroxylation is 1. The first-order chi connectivity index (χ1) is 18.6. The maximum Gasteiger partial charge on any atom is 0.408 e. The van der Waals surface area contributed by atoms with Crippen molar-refractivity contribution in [1.29, 1.82) is 0 Å². The van der Waals surface area contributed by atoms with Crippen LogP contribution in [-0.4, -0.2) is 52.0 Å². The molecule has 1 aliphatic rings. The number of fused-ring (bicyclic) bond motifs is 1. The number of amides is 3. The summed E-state index contributed by atoms with van der Waals surface area (Å²) < 4.78 is 5.42. The van der Waals surface area contributed by atoms with Gasteiger partial charge in [-0.1, -0.05) is 42.5 Å². The van der Waals surface area contributed by atoms with Crippen molar-refractivity contribution in [3.63, 3.8) is 0 Å². The van der Waals surface area contributed by atoms with Gasteiger partial charge in [0.1, 0.15) is 23.5 Å². The van der Waals surface area contributed by atoms with E-state index in [9.17, 15) is 14.4 Å². The number of carbonyl (C=O) groups excluding carboxylic acids is 3. The Hall–Kier alpha value is -4.14. The molecule has 9 heteroatoms. The molecule has 3 amide bonds. The van der Waals surface area contributed by atoms with Crippen LogP contribution in [0.2, 0.25) is 0 Å². The van der Waals surface area contributed by atoms with E-state index in [1.807, 2.05) is 54.6 Å². The van der Waals surface area contributed by atoms with Crippen LogP contribution >= 0.6 is 0 Å². The van der Waals surface area contributed by atoms with Crippen molar-refractivity contribution in [2.24, 2.45) is 0 Å². The number of rotatable bonds is 8. The molecule has 1 aliphatic heterocycles. The summed E-state index contributed by atoms with van der Waals surface area (Å²) in [4.78, 5) is 45.2. The number of aromatic nitrogens is 1. The Labute approximate surface area is 229 Å². The highest BCUT2D eigenvalue weighted by Gasteiger charge is 2.38. The number of benzene rings is 2. The van der Waals surface area contributed by atoms with Gasteiger partial charge in [-0.2, -0.15) is 0 Å². The van der Waals surface area contributed by atoms with E-state index >= 15 is 0 Å². The van der Waals surface area contributed by atoms with Crippen molar-refractivity contribution in [1.82, 2.24) is 20.5 Å². The predicted molar refractivity (Wildman–Crippen MR) is 151 cm³/mol. The molecular weight excluding hydrogens is 494 g/mol. The molecule has 9 nitrogen and oxygen atoms in total. The van der Waals surface area contributed by atoms with Crippen LogP contribution in [0.1, 0.15) is 51.2 Å². The fourth-order valence-electron chi connectivity index (χ4n) is 4.83. The number of ether oxygens (including phenoxy) is 1. The van der Waals surface area contributed by atoms with Crippen molar-refractivity contribution >= 4 is 34.5 Å². The Morgan fingerprint density at radius 2 is 1.87 bits per heavy atom. The zero-order chi connectivity index (χ0) is 28.0. The van der Waals surface area contributed by atoms with E-state index in [4.69, 9.17) is 10.5 Å². The molecule has 3 aromatic rings. The fourth-order valence-corrected chi connectivity index (χ4v) is 4.83. The van der Waals surface area contributed by atoms with Crippen LogP contribution in [0.25, 0.3) is 10.8 Å². The number of hydrogen-bond acceptors (Lipinski definition) is 6. The Bertz CT molecular complexity index is 1320. The highest BCUT2D eigenvalue weighted by molar-refractivity contribution is 5.93. The quantitative estimate of drug-likeness (QED) is 0.404. The summed E-state index contributed by atoms with van der Waals surface area (Å²) in [6, 6.07) is 16.0. The second-order valence-electron chi connectivity index (χ2n) is 10.9. The van der Waals surface area contributed by atoms with Gasteiger partial charge in [-0.3, -0.25) is 9.59 Å². The summed E-state index contributed by atoms with van der Waals surface area (Å²) in [7, 11) is 0. The molecule has 1 fully saturated rings. The predicted octanol–water partition coefficient (Wildman–Crippen LogP) is 3.95. The Morgan fingerprint density at radius 3 is 2.62 bits per heavy atom. The summed E-state index contributed by atoms with van der Waals surface area (Å²) >= 11 is 0. The summed E-state index contributed by atoms with van der Waals surface area (Å²) in [5.74, 6) is -0.0256. The SMILES string of the molecule is CC(C)(C)OC(=O)NC(CCc1ccccc1)C(=O)N1CCC[C@@H]1C(=O)NCc1ccc2c(N)nccc2c1. The first-order valence-corrected chi connectivity index (χ1v) is 13.4. The van der Waals surface area contributed by atoms with Crippen molar-refractivity contribution in [2.75, 3.05) is 12.3 Å². The minimum absolute atomic E-state index is 0.214. The van der Waals surface area contributed by atoms with E-state index in [1.165, 1.54) is 0 Å². The monoisotopic (exact) mass is 531 g/mol. The largest absolute Gasteiger partial charge is 0.444 e. The Balaban J connectivity index is 1.43. The second kappa shape index (κ2) is 12.1. The molecule has 206 valence electrons. The molecule has 39 heavy (non-hydrogen) atoms. The number of nitrogens with zero attached hydrogens (tertiary/aromatic N) is 2.